The van der Waals surface area contributed by atoms with Gasteiger partial charge in [0.1, 0.15) is 0 Å². The van der Waals surface area contributed by atoms with Gasteiger partial charge in [0.05, 0.1) is 0 Å². The molecule has 215 valence electrons. The quantitative estimate of drug-likeness (QED) is 0.222. The zero-order valence-electron chi connectivity index (χ0n) is 25.4. The van der Waals surface area contributed by atoms with E-state index in [1.807, 2.05) is 42.7 Å². The molecule has 0 N–H and O–H groups in total. The van der Waals surface area contributed by atoms with Crippen LogP contribution in [0.3, 0.4) is 0 Å². The van der Waals surface area contributed by atoms with Gasteiger partial charge in [-0.25, -0.2) is 0 Å². The zero-order chi connectivity index (χ0) is 28.8. The first-order chi connectivity index (χ1) is 18.4. The van der Waals surface area contributed by atoms with Gasteiger partial charge in [0, 0.05) is 6.04 Å². The molecule has 0 bridgehead atoms. The molecule has 2 aromatic rings. The van der Waals surface area contributed by atoms with Crippen molar-refractivity contribution in [2.24, 2.45) is 5.92 Å². The van der Waals surface area contributed by atoms with Crippen LogP contribution in [0.25, 0.3) is 0 Å². The van der Waals surface area contributed by atoms with Gasteiger partial charge >= 0.3 is 90.3 Å². The van der Waals surface area contributed by atoms with Crippen molar-refractivity contribution in [2.75, 3.05) is 0 Å². The molecule has 4 rings (SSSR count). The van der Waals surface area contributed by atoms with E-state index in [-0.39, 0.29) is 32.7 Å². The third kappa shape index (κ3) is 8.02. The molecule has 2 nitrogen and oxygen atoms in total. The molecule has 0 radical (unpaired) electrons. The minimum Gasteiger partial charge on any atom is -0.444 e. The second kappa shape index (κ2) is 13.9. The number of benzene rings is 2. The smallest absolute Gasteiger partial charge is 0.0104 e. The SMILES string of the molecule is CC(C)Oc1ccccc1[CH]=[Ru][Cl].CCC1=CC=CC(CC)C1N1[CH-]C(C)(c2cc(C)cc(C)c2)CC1(C)C. The summed E-state index contributed by atoms with van der Waals surface area (Å²) in [6, 6.07) is 15.5. The summed E-state index contributed by atoms with van der Waals surface area (Å²) in [5.41, 5.74) is 7.13. The summed E-state index contributed by atoms with van der Waals surface area (Å²) in [7, 11) is 5.72. The van der Waals surface area contributed by atoms with E-state index >= 15 is 0 Å². The Morgan fingerprint density at radius 1 is 1.10 bits per heavy atom. The molecule has 1 aliphatic heterocycles. The van der Waals surface area contributed by atoms with Crippen molar-refractivity contribution in [1.29, 1.82) is 0 Å². The Morgan fingerprint density at radius 2 is 1.77 bits per heavy atom. The summed E-state index contributed by atoms with van der Waals surface area (Å²) in [6.45, 7) is 22.9. The Morgan fingerprint density at radius 3 is 2.36 bits per heavy atom. The summed E-state index contributed by atoms with van der Waals surface area (Å²) in [5.74, 6) is 1.53. The van der Waals surface area contributed by atoms with Crippen LogP contribution in [0.5, 0.6) is 5.75 Å². The first-order valence-electron chi connectivity index (χ1n) is 14.4. The zero-order valence-corrected chi connectivity index (χ0v) is 27.9. The molecule has 1 heterocycles. The Balaban J connectivity index is 0.000000272. The maximum atomic E-state index is 5.72. The normalized spacial score (nSPS) is 24.7. The molecule has 1 saturated heterocycles. The number of hydrogen-bond acceptors (Lipinski definition) is 2. The molecule has 3 atom stereocenters. The van der Waals surface area contributed by atoms with Gasteiger partial charge in [0.2, 0.25) is 0 Å². The summed E-state index contributed by atoms with van der Waals surface area (Å²) >= 11 is -0.191. The molecule has 4 heteroatoms. The van der Waals surface area contributed by atoms with Gasteiger partial charge in [-0.15, -0.1) is 5.41 Å². The molecule has 3 unspecified atom stereocenters. The van der Waals surface area contributed by atoms with Gasteiger partial charge in [-0.1, -0.05) is 85.9 Å². The van der Waals surface area contributed by atoms with Crippen molar-refractivity contribution in [3.63, 3.8) is 0 Å². The number of para-hydroxylation sites is 1. The van der Waals surface area contributed by atoms with E-state index in [9.17, 15) is 0 Å². The second-order valence-electron chi connectivity index (χ2n) is 12.2. The summed E-state index contributed by atoms with van der Waals surface area (Å²) < 4.78 is 7.66. The van der Waals surface area contributed by atoms with E-state index in [4.69, 9.17) is 14.4 Å². The average molecular weight is 635 g/mol. The monoisotopic (exact) mass is 635 g/mol. The number of likely N-dealkylation sites (tertiary alicyclic amines) is 1. The fourth-order valence-corrected chi connectivity index (χ4v) is 7.41. The van der Waals surface area contributed by atoms with E-state index in [1.165, 1.54) is 23.1 Å². The molecule has 39 heavy (non-hydrogen) atoms. The van der Waals surface area contributed by atoms with Crippen LogP contribution in [0.1, 0.15) is 90.0 Å². The standard InChI is InChI=1S/C25H36N.C10H12O.ClH.Ru/c1-8-20-11-10-12-21(9-2)23(20)26-17-25(7,16-24(26,5)6)22-14-18(3)13-19(4)15-22;1-8(2)11-10-7-5-4-6-9(10)3;;/h10-15,17,20,23H,8-9,16H2,1-7H3;3-8H,1-2H3;1H;/q-1;;;+1/p-1. The van der Waals surface area contributed by atoms with Crippen molar-refractivity contribution in [3.05, 3.63) is 95.1 Å². The molecule has 1 aliphatic carbocycles. The van der Waals surface area contributed by atoms with Crippen LogP contribution < -0.4 is 4.74 Å². The topological polar surface area (TPSA) is 12.5 Å². The Labute approximate surface area is 250 Å². The Hall–Kier alpha value is -1.54. The Bertz CT molecular complexity index is 1180. The number of ether oxygens (including phenoxy) is 1. The third-order valence-corrected chi connectivity index (χ3v) is 9.05. The fraction of sp³-hybridized carbons (Fsp3) is 0.486. The largest absolute Gasteiger partial charge is 0.444 e. The molecule has 0 spiro atoms. The summed E-state index contributed by atoms with van der Waals surface area (Å²) in [4.78, 5) is 2.71. The number of hydrogen-bond donors (Lipinski definition) is 0. The van der Waals surface area contributed by atoms with Crippen molar-refractivity contribution in [3.8, 4) is 5.75 Å². The minimum absolute atomic E-state index is 0.0958. The van der Waals surface area contributed by atoms with Crippen LogP contribution in [-0.4, -0.2) is 27.2 Å². The predicted molar refractivity (Wildman–Crippen MR) is 166 cm³/mol. The van der Waals surface area contributed by atoms with Crippen LogP contribution in [0.15, 0.2) is 66.3 Å². The third-order valence-electron chi connectivity index (χ3n) is 7.87. The molecule has 0 amide bonds. The molecular formula is C35H48ClNORu-. The number of allylic oxidation sites excluding steroid dienone is 2. The molecule has 2 aromatic carbocycles. The number of aryl methyl sites for hydroxylation is 2. The Kier molecular flexibility index (Phi) is 11.4. The van der Waals surface area contributed by atoms with E-state index < -0.39 is 0 Å². The van der Waals surface area contributed by atoms with E-state index in [0.29, 0.717) is 12.0 Å². The second-order valence-corrected chi connectivity index (χ2v) is 14.0. The van der Waals surface area contributed by atoms with Crippen molar-refractivity contribution in [2.45, 2.75) is 105 Å². The van der Waals surface area contributed by atoms with Crippen molar-refractivity contribution in [1.82, 2.24) is 4.90 Å². The molecule has 0 saturated carbocycles. The molecule has 2 aliphatic rings. The van der Waals surface area contributed by atoms with Gasteiger partial charge in [-0.2, -0.15) is 0 Å². The van der Waals surface area contributed by atoms with Gasteiger partial charge in [-0.3, -0.25) is 6.54 Å². The average Bonchev–Trinajstić information content (AvgIpc) is 3.13. The number of rotatable bonds is 7. The van der Waals surface area contributed by atoms with Crippen LogP contribution in [0, 0.1) is 26.3 Å². The van der Waals surface area contributed by atoms with Crippen LogP contribution in [0.2, 0.25) is 0 Å². The van der Waals surface area contributed by atoms with Crippen LogP contribution in [0.4, 0.5) is 0 Å². The van der Waals surface area contributed by atoms with Gasteiger partial charge in [-0.05, 0) is 52.0 Å². The summed E-state index contributed by atoms with van der Waals surface area (Å²) in [6.07, 6.45) is 10.7. The van der Waals surface area contributed by atoms with Gasteiger partial charge in [0.25, 0.3) is 0 Å². The van der Waals surface area contributed by atoms with Crippen molar-refractivity contribution < 1.29 is 20.4 Å². The first-order valence-corrected chi connectivity index (χ1v) is 17.6. The number of nitrogens with zero attached hydrogens (tertiary/aromatic N) is 1. The van der Waals surface area contributed by atoms with E-state index in [2.05, 4.69) is 96.3 Å². The molecular weight excluding hydrogens is 587 g/mol. The molecule has 1 fully saturated rings. The van der Waals surface area contributed by atoms with Gasteiger partial charge < -0.3 is 4.90 Å². The maximum Gasteiger partial charge on any atom is 0.0104 e. The minimum atomic E-state index is -0.191. The van der Waals surface area contributed by atoms with Crippen LogP contribution >= 0.6 is 9.69 Å². The fourth-order valence-electron chi connectivity index (χ4n) is 6.29. The van der Waals surface area contributed by atoms with Gasteiger partial charge in [0.15, 0.2) is 0 Å². The molecule has 0 aromatic heterocycles. The maximum absolute atomic E-state index is 5.72. The van der Waals surface area contributed by atoms with E-state index in [0.717, 1.165) is 24.2 Å². The number of halogens is 1. The predicted octanol–water partition coefficient (Wildman–Crippen LogP) is 9.37. The van der Waals surface area contributed by atoms with Crippen LogP contribution in [-0.2, 0) is 21.1 Å². The summed E-state index contributed by atoms with van der Waals surface area (Å²) in [5, 5.41) is 0. The first kappa shape index (κ1) is 32.0. The van der Waals surface area contributed by atoms with E-state index in [1.54, 1.807) is 5.57 Å². The van der Waals surface area contributed by atoms with Crippen molar-refractivity contribution >= 4 is 14.3 Å².